The van der Waals surface area contributed by atoms with Crippen molar-refractivity contribution in [3.8, 4) is 0 Å². The zero-order chi connectivity index (χ0) is 20.2. The maximum atomic E-state index is 14.4. The van der Waals surface area contributed by atoms with E-state index in [1.165, 1.54) is 17.0 Å². The van der Waals surface area contributed by atoms with Gasteiger partial charge in [-0.1, -0.05) is 24.6 Å². The Morgan fingerprint density at radius 2 is 1.86 bits per heavy atom. The molecule has 0 N–H and O–H groups in total. The van der Waals surface area contributed by atoms with E-state index in [1.54, 1.807) is 34.6 Å². The van der Waals surface area contributed by atoms with E-state index in [4.69, 9.17) is 4.74 Å². The minimum atomic E-state index is -1.11. The Kier molecular flexibility index (Phi) is 9.77. The number of nitrogens with zero attached hydrogens (tertiary/aromatic N) is 2. The van der Waals surface area contributed by atoms with Crippen LogP contribution in [0.3, 0.4) is 0 Å². The van der Waals surface area contributed by atoms with Crippen LogP contribution in [0.5, 0.6) is 0 Å². The van der Waals surface area contributed by atoms with E-state index < -0.39 is 23.1 Å². The second-order valence-electron chi connectivity index (χ2n) is 8.04. The van der Waals surface area contributed by atoms with Crippen LogP contribution < -0.4 is 56.3 Å². The van der Waals surface area contributed by atoms with Gasteiger partial charge in [-0.05, 0) is 53.6 Å². The number of hydrogen-bond acceptors (Lipinski definition) is 4. The van der Waals surface area contributed by atoms with Crippen molar-refractivity contribution in [2.24, 2.45) is 0 Å². The van der Waals surface area contributed by atoms with E-state index in [2.05, 4.69) is 12.4 Å². The third-order valence-electron chi connectivity index (χ3n) is 4.75. The number of benzene rings is 1. The van der Waals surface area contributed by atoms with Crippen molar-refractivity contribution in [2.75, 3.05) is 24.5 Å². The van der Waals surface area contributed by atoms with Crippen LogP contribution in [0.15, 0.2) is 12.1 Å². The smallest absolute Gasteiger partial charge is 0.540 e. The molecule has 0 saturated carbocycles. The molecular weight excluding hydrogens is 386 g/mol. The monoisotopic (exact) mass is 415 g/mol. The minimum Gasteiger partial charge on any atom is -0.540 e. The van der Waals surface area contributed by atoms with Crippen molar-refractivity contribution in [3.63, 3.8) is 0 Å². The molecule has 0 bridgehead atoms. The van der Waals surface area contributed by atoms with Crippen LogP contribution in [0, 0.1) is 11.9 Å². The summed E-state index contributed by atoms with van der Waals surface area (Å²) in [6, 6.07) is 5.60. The van der Waals surface area contributed by atoms with Crippen LogP contribution in [0.25, 0.3) is 0 Å². The standard InChI is InChI=1S/C21H29FN2O3.K/c1-6-24(19(26)27-20(2,3)4)18-13-16(12-17(22)14-18)21(5,15-25)23-10-8-7-9-11-23;/h12,14H,6-11H2,1-5H3;/q-2;+1. The summed E-state index contributed by atoms with van der Waals surface area (Å²) in [6.45, 7) is 10.6. The molecule has 1 aromatic carbocycles. The van der Waals surface area contributed by atoms with Crippen molar-refractivity contribution >= 4 is 18.1 Å². The number of amides is 1. The van der Waals surface area contributed by atoms with Crippen LogP contribution in [-0.2, 0) is 15.1 Å². The molecule has 0 spiro atoms. The summed E-state index contributed by atoms with van der Waals surface area (Å²) in [4.78, 5) is 27.7. The number of ether oxygens (including phenoxy) is 1. The first kappa shape index (κ1) is 25.7. The molecule has 1 saturated heterocycles. The second kappa shape index (κ2) is 10.6. The van der Waals surface area contributed by atoms with Gasteiger partial charge in [0.05, 0.1) is 0 Å². The molecule has 1 atom stereocenters. The molecule has 2 rings (SSSR count). The van der Waals surface area contributed by atoms with Gasteiger partial charge in [0, 0.05) is 12.4 Å². The van der Waals surface area contributed by atoms with E-state index in [0.717, 1.165) is 32.4 Å². The van der Waals surface area contributed by atoms with E-state index in [-0.39, 0.29) is 57.1 Å². The molecule has 1 fully saturated rings. The average Bonchev–Trinajstić information content (AvgIpc) is 2.60. The van der Waals surface area contributed by atoms with E-state index in [9.17, 15) is 14.0 Å². The summed E-state index contributed by atoms with van der Waals surface area (Å²) < 4.78 is 19.8. The molecule has 0 aromatic heterocycles. The van der Waals surface area contributed by atoms with Crippen molar-refractivity contribution in [2.45, 2.75) is 65.0 Å². The first-order chi connectivity index (χ1) is 12.6. The molecule has 1 aliphatic rings. The van der Waals surface area contributed by atoms with E-state index in [0.29, 0.717) is 12.1 Å². The number of rotatable bonds is 5. The molecule has 7 heteroatoms. The molecule has 5 nitrogen and oxygen atoms in total. The van der Waals surface area contributed by atoms with Crippen LogP contribution in [0.2, 0.25) is 0 Å². The predicted octanol–water partition coefficient (Wildman–Crippen LogP) is 1.20. The third-order valence-corrected chi connectivity index (χ3v) is 4.75. The second-order valence-corrected chi connectivity index (χ2v) is 8.04. The summed E-state index contributed by atoms with van der Waals surface area (Å²) in [6.07, 6.45) is 4.60. The number of carbonyl (C=O) groups is 1. The molecule has 0 radical (unpaired) electrons. The van der Waals surface area contributed by atoms with Crippen LogP contribution in [-0.4, -0.2) is 42.5 Å². The number of halogens is 1. The summed E-state index contributed by atoms with van der Waals surface area (Å²) in [5.74, 6) is -0.528. The molecule has 1 aliphatic heterocycles. The van der Waals surface area contributed by atoms with Gasteiger partial charge in [0.15, 0.2) is 0 Å². The summed E-state index contributed by atoms with van der Waals surface area (Å²) in [7, 11) is 0. The Hall–Kier alpha value is -0.314. The maximum Gasteiger partial charge on any atom is 1.00 e. The normalized spacial score (nSPS) is 17.2. The van der Waals surface area contributed by atoms with Gasteiger partial charge in [0.2, 0.25) is 0 Å². The van der Waals surface area contributed by atoms with Gasteiger partial charge in [-0.25, -0.2) is 15.5 Å². The number of likely N-dealkylation sites (tertiary alicyclic amines) is 1. The fourth-order valence-electron chi connectivity index (χ4n) is 3.27. The largest absolute Gasteiger partial charge is 1.00 e. The Balaban J connectivity index is 0.00000392. The summed E-state index contributed by atoms with van der Waals surface area (Å²) >= 11 is 0. The number of anilines is 1. The van der Waals surface area contributed by atoms with Gasteiger partial charge in [0.25, 0.3) is 0 Å². The molecule has 1 aromatic rings. The third kappa shape index (κ3) is 6.34. The van der Waals surface area contributed by atoms with E-state index >= 15 is 0 Å². The van der Waals surface area contributed by atoms with Crippen molar-refractivity contribution in [1.29, 1.82) is 0 Å². The Bertz CT molecular complexity index is 687. The Labute approximate surface area is 210 Å². The first-order valence-corrected chi connectivity index (χ1v) is 9.49. The number of carbonyl (C=O) groups excluding carboxylic acids is 2. The molecule has 0 aliphatic carbocycles. The SMILES string of the molecule is CCN(C(=O)OC(C)(C)C)c1[c-]c(C(C)([C-]=O)N2CCCCC2)cc(F)c1.[K+]. The maximum absolute atomic E-state index is 14.4. The topological polar surface area (TPSA) is 49.9 Å². The van der Waals surface area contributed by atoms with Gasteiger partial charge in [0.1, 0.15) is 5.60 Å². The zero-order valence-electron chi connectivity index (χ0n) is 17.9. The van der Waals surface area contributed by atoms with Crippen LogP contribution in [0.4, 0.5) is 14.9 Å². The quantitative estimate of drug-likeness (QED) is 0.536. The molecule has 1 amide bonds. The van der Waals surface area contributed by atoms with Crippen molar-refractivity contribution < 1.29 is 70.1 Å². The van der Waals surface area contributed by atoms with Gasteiger partial charge in [-0.15, -0.1) is 12.1 Å². The molecule has 150 valence electrons. The van der Waals surface area contributed by atoms with Crippen molar-refractivity contribution in [1.82, 2.24) is 4.90 Å². The predicted molar refractivity (Wildman–Crippen MR) is 103 cm³/mol. The molecule has 1 unspecified atom stereocenters. The van der Waals surface area contributed by atoms with Gasteiger partial charge in [-0.2, -0.15) is 11.6 Å². The number of piperidine rings is 1. The van der Waals surface area contributed by atoms with Crippen LogP contribution >= 0.6 is 0 Å². The molecular formula is C21H29FKN2O3-. The van der Waals surface area contributed by atoms with Crippen LogP contribution in [0.1, 0.15) is 59.4 Å². The minimum absolute atomic E-state index is 0. The summed E-state index contributed by atoms with van der Waals surface area (Å²) in [5.41, 5.74) is -1.15. The fraction of sp³-hybridized carbons (Fsp3) is 0.619. The van der Waals surface area contributed by atoms with Gasteiger partial charge >= 0.3 is 57.5 Å². The average molecular weight is 416 g/mol. The summed E-state index contributed by atoms with van der Waals surface area (Å²) in [5, 5.41) is 0. The van der Waals surface area contributed by atoms with E-state index in [1.807, 2.05) is 4.90 Å². The first-order valence-electron chi connectivity index (χ1n) is 9.49. The molecule has 28 heavy (non-hydrogen) atoms. The zero-order valence-corrected chi connectivity index (χ0v) is 21.0. The fourth-order valence-corrected chi connectivity index (χ4v) is 3.27. The number of hydrogen-bond donors (Lipinski definition) is 0. The Morgan fingerprint density at radius 1 is 1.25 bits per heavy atom. The van der Waals surface area contributed by atoms with Gasteiger partial charge in [-0.3, -0.25) is 0 Å². The Morgan fingerprint density at radius 3 is 2.36 bits per heavy atom. The van der Waals surface area contributed by atoms with Gasteiger partial charge < -0.3 is 19.3 Å². The van der Waals surface area contributed by atoms with Crippen molar-refractivity contribution in [3.05, 3.63) is 29.6 Å². The molecule has 1 heterocycles.